The zero-order chi connectivity index (χ0) is 19.9. The van der Waals surface area contributed by atoms with E-state index in [1.807, 2.05) is 18.2 Å². The minimum absolute atomic E-state index is 0.0101. The van der Waals surface area contributed by atoms with E-state index < -0.39 is 0 Å². The summed E-state index contributed by atoms with van der Waals surface area (Å²) in [6, 6.07) is 16.3. The standard InChI is InChI=1S/C24H35NO3/c26-19-22-13-8-14-23(20-27)24(22)18-25-15-6-1-2-7-16-28-17-9-12-21-10-4-3-5-11-21/h3-5,8,10-11,13-14,25-27H,1-2,6-7,9,12,15-20H2. The Labute approximate surface area is 169 Å². The maximum Gasteiger partial charge on any atom is 0.0685 e. The number of rotatable bonds is 15. The molecular formula is C24H35NO3. The summed E-state index contributed by atoms with van der Waals surface area (Å²) in [6.45, 7) is 3.35. The van der Waals surface area contributed by atoms with Gasteiger partial charge in [-0.25, -0.2) is 0 Å². The van der Waals surface area contributed by atoms with Crippen LogP contribution in [0.25, 0.3) is 0 Å². The van der Waals surface area contributed by atoms with Crippen LogP contribution < -0.4 is 5.32 Å². The summed E-state index contributed by atoms with van der Waals surface area (Å²) < 4.78 is 5.73. The van der Waals surface area contributed by atoms with E-state index in [2.05, 4.69) is 35.6 Å². The molecule has 2 aromatic rings. The molecule has 0 radical (unpaired) electrons. The summed E-state index contributed by atoms with van der Waals surface area (Å²) in [5, 5.41) is 22.3. The van der Waals surface area contributed by atoms with Crippen LogP contribution >= 0.6 is 0 Å². The summed E-state index contributed by atoms with van der Waals surface area (Å²) in [5.74, 6) is 0. The fourth-order valence-electron chi connectivity index (χ4n) is 3.36. The first-order chi connectivity index (χ1) is 13.8. The molecule has 0 aliphatic rings. The van der Waals surface area contributed by atoms with Crippen molar-refractivity contribution in [3.8, 4) is 0 Å². The van der Waals surface area contributed by atoms with Gasteiger partial charge in [-0.05, 0) is 54.5 Å². The van der Waals surface area contributed by atoms with Gasteiger partial charge < -0.3 is 20.3 Å². The van der Waals surface area contributed by atoms with E-state index in [-0.39, 0.29) is 13.2 Å². The van der Waals surface area contributed by atoms with Crippen LogP contribution in [0.5, 0.6) is 0 Å². The average Bonchev–Trinajstić information content (AvgIpc) is 2.75. The number of ether oxygens (including phenoxy) is 1. The van der Waals surface area contributed by atoms with Crippen molar-refractivity contribution < 1.29 is 14.9 Å². The minimum atomic E-state index is 0.0101. The third-order valence-corrected chi connectivity index (χ3v) is 5.00. The number of benzene rings is 2. The zero-order valence-electron chi connectivity index (χ0n) is 16.9. The van der Waals surface area contributed by atoms with Crippen LogP contribution in [-0.2, 0) is 30.9 Å². The van der Waals surface area contributed by atoms with Crippen LogP contribution in [0.4, 0.5) is 0 Å². The van der Waals surface area contributed by atoms with Gasteiger partial charge in [0.05, 0.1) is 13.2 Å². The van der Waals surface area contributed by atoms with Crippen LogP contribution in [-0.4, -0.2) is 30.0 Å². The molecule has 28 heavy (non-hydrogen) atoms. The molecule has 2 aromatic carbocycles. The molecule has 0 amide bonds. The maximum atomic E-state index is 9.45. The first-order valence-corrected chi connectivity index (χ1v) is 10.5. The Morgan fingerprint density at radius 1 is 0.714 bits per heavy atom. The molecule has 4 heteroatoms. The second-order valence-electron chi connectivity index (χ2n) is 7.16. The lowest BCUT2D eigenvalue weighted by atomic mass is 10.0. The molecule has 4 nitrogen and oxygen atoms in total. The van der Waals surface area contributed by atoms with Gasteiger partial charge in [-0.1, -0.05) is 61.4 Å². The van der Waals surface area contributed by atoms with Crippen molar-refractivity contribution in [2.45, 2.75) is 58.3 Å². The molecule has 0 heterocycles. The molecule has 0 saturated heterocycles. The van der Waals surface area contributed by atoms with E-state index in [1.54, 1.807) is 0 Å². The van der Waals surface area contributed by atoms with Crippen LogP contribution in [0.1, 0.15) is 54.4 Å². The van der Waals surface area contributed by atoms with E-state index >= 15 is 0 Å². The van der Waals surface area contributed by atoms with Crippen molar-refractivity contribution in [1.29, 1.82) is 0 Å². The number of aliphatic hydroxyl groups is 2. The molecule has 0 aromatic heterocycles. The Balaban J connectivity index is 1.44. The molecule has 0 aliphatic carbocycles. The van der Waals surface area contributed by atoms with E-state index in [9.17, 15) is 10.2 Å². The van der Waals surface area contributed by atoms with Gasteiger partial charge in [0.2, 0.25) is 0 Å². The summed E-state index contributed by atoms with van der Waals surface area (Å²) in [4.78, 5) is 0. The highest BCUT2D eigenvalue weighted by atomic mass is 16.5. The number of nitrogens with one attached hydrogen (secondary N) is 1. The average molecular weight is 386 g/mol. The van der Waals surface area contributed by atoms with E-state index in [1.165, 1.54) is 18.4 Å². The Morgan fingerprint density at radius 3 is 2.11 bits per heavy atom. The van der Waals surface area contributed by atoms with Crippen molar-refractivity contribution >= 4 is 0 Å². The topological polar surface area (TPSA) is 61.7 Å². The Hall–Kier alpha value is -1.72. The van der Waals surface area contributed by atoms with Crippen molar-refractivity contribution in [2.75, 3.05) is 19.8 Å². The lowest BCUT2D eigenvalue weighted by Gasteiger charge is -2.13. The largest absolute Gasteiger partial charge is 0.392 e. The molecule has 0 atom stereocenters. The third kappa shape index (κ3) is 8.53. The Morgan fingerprint density at radius 2 is 1.39 bits per heavy atom. The lowest BCUT2D eigenvalue weighted by molar-refractivity contribution is 0.127. The van der Waals surface area contributed by atoms with Crippen molar-refractivity contribution in [3.63, 3.8) is 0 Å². The SMILES string of the molecule is OCc1cccc(CO)c1CNCCCCCCOCCCc1ccccc1. The van der Waals surface area contributed by atoms with Gasteiger partial charge >= 0.3 is 0 Å². The smallest absolute Gasteiger partial charge is 0.0685 e. The number of unbranched alkanes of at least 4 members (excludes halogenated alkanes) is 3. The number of aryl methyl sites for hydroxylation is 1. The first kappa shape index (κ1) is 22.6. The van der Waals surface area contributed by atoms with E-state index in [0.29, 0.717) is 6.54 Å². The monoisotopic (exact) mass is 385 g/mol. The molecule has 0 saturated carbocycles. The third-order valence-electron chi connectivity index (χ3n) is 5.00. The Kier molecular flexibility index (Phi) is 11.5. The quantitative estimate of drug-likeness (QED) is 0.406. The molecule has 0 unspecified atom stereocenters. The second kappa shape index (κ2) is 14.3. The van der Waals surface area contributed by atoms with E-state index in [0.717, 1.165) is 62.1 Å². The van der Waals surface area contributed by atoms with Gasteiger partial charge in [-0.15, -0.1) is 0 Å². The second-order valence-corrected chi connectivity index (χ2v) is 7.16. The lowest BCUT2D eigenvalue weighted by Crippen LogP contribution is -2.17. The summed E-state index contributed by atoms with van der Waals surface area (Å²) in [5.41, 5.74) is 4.19. The summed E-state index contributed by atoms with van der Waals surface area (Å²) in [6.07, 6.45) is 6.80. The molecule has 154 valence electrons. The van der Waals surface area contributed by atoms with Crippen molar-refractivity contribution in [3.05, 3.63) is 70.8 Å². The fraction of sp³-hybridized carbons (Fsp3) is 0.500. The van der Waals surface area contributed by atoms with Crippen LogP contribution in [0.3, 0.4) is 0 Å². The van der Waals surface area contributed by atoms with Crippen molar-refractivity contribution in [1.82, 2.24) is 5.32 Å². The predicted molar refractivity (Wildman–Crippen MR) is 114 cm³/mol. The van der Waals surface area contributed by atoms with Gasteiger partial charge in [-0.3, -0.25) is 0 Å². The Bertz CT molecular complexity index is 623. The number of hydrogen-bond donors (Lipinski definition) is 3. The summed E-state index contributed by atoms with van der Waals surface area (Å²) >= 11 is 0. The van der Waals surface area contributed by atoms with Gasteiger partial charge in [0.25, 0.3) is 0 Å². The number of hydrogen-bond acceptors (Lipinski definition) is 4. The van der Waals surface area contributed by atoms with Crippen LogP contribution in [0.15, 0.2) is 48.5 Å². The molecular weight excluding hydrogens is 350 g/mol. The molecule has 2 rings (SSSR count). The van der Waals surface area contributed by atoms with Crippen molar-refractivity contribution in [2.24, 2.45) is 0 Å². The highest BCUT2D eigenvalue weighted by Crippen LogP contribution is 2.15. The van der Waals surface area contributed by atoms with Gasteiger partial charge in [-0.2, -0.15) is 0 Å². The normalized spacial score (nSPS) is 11.1. The van der Waals surface area contributed by atoms with Gasteiger partial charge in [0, 0.05) is 19.8 Å². The first-order valence-electron chi connectivity index (χ1n) is 10.5. The molecule has 0 spiro atoms. The maximum absolute atomic E-state index is 9.45. The summed E-state index contributed by atoms with van der Waals surface area (Å²) in [7, 11) is 0. The van der Waals surface area contributed by atoms with Crippen LogP contribution in [0.2, 0.25) is 0 Å². The molecule has 0 bridgehead atoms. The predicted octanol–water partition coefficient (Wildman–Crippen LogP) is 3.97. The molecule has 0 aliphatic heterocycles. The molecule has 0 fully saturated rings. The zero-order valence-corrected chi connectivity index (χ0v) is 16.9. The van der Waals surface area contributed by atoms with Gasteiger partial charge in [0.15, 0.2) is 0 Å². The highest BCUT2D eigenvalue weighted by Gasteiger charge is 2.06. The highest BCUT2D eigenvalue weighted by molar-refractivity contribution is 5.34. The molecule has 3 N–H and O–H groups in total. The van der Waals surface area contributed by atoms with Gasteiger partial charge in [0.1, 0.15) is 0 Å². The van der Waals surface area contributed by atoms with Crippen LogP contribution in [0, 0.1) is 0 Å². The fourth-order valence-corrected chi connectivity index (χ4v) is 3.36. The number of aliphatic hydroxyl groups excluding tert-OH is 2. The van der Waals surface area contributed by atoms with E-state index in [4.69, 9.17) is 4.74 Å². The minimum Gasteiger partial charge on any atom is -0.392 e.